The highest BCUT2D eigenvalue weighted by atomic mass is 19.1. The van der Waals surface area contributed by atoms with Gasteiger partial charge in [0.15, 0.2) is 17.3 Å². The summed E-state index contributed by atoms with van der Waals surface area (Å²) in [4.78, 5) is 13.0. The largest absolute Gasteiger partial charge is 0.483 e. The Morgan fingerprint density at radius 1 is 1.25 bits per heavy atom. The van der Waals surface area contributed by atoms with Crippen LogP contribution in [0.25, 0.3) is 0 Å². The van der Waals surface area contributed by atoms with Crippen LogP contribution < -0.4 is 4.74 Å². The lowest BCUT2D eigenvalue weighted by Gasteiger charge is -2.07. The second-order valence-corrected chi connectivity index (χ2v) is 4.33. The zero-order valence-corrected chi connectivity index (χ0v) is 11.0. The fraction of sp³-hybridized carbons (Fsp3) is 0.214. The molecule has 1 aromatic carbocycles. The second-order valence-electron chi connectivity index (χ2n) is 4.33. The van der Waals surface area contributed by atoms with Gasteiger partial charge in [0.2, 0.25) is 0 Å². The molecule has 6 heteroatoms. The lowest BCUT2D eigenvalue weighted by molar-refractivity contribution is 0.0792. The zero-order chi connectivity index (χ0) is 14.7. The number of hydrogen-bond donors (Lipinski definition) is 0. The molecule has 0 atom stereocenters. The summed E-state index contributed by atoms with van der Waals surface area (Å²) in [7, 11) is 3.21. The molecule has 0 spiro atoms. The number of carbonyl (C=O) groups excluding carboxylic acids is 1. The van der Waals surface area contributed by atoms with Gasteiger partial charge in [-0.05, 0) is 24.3 Å². The zero-order valence-electron chi connectivity index (χ0n) is 11.0. The molecule has 0 N–H and O–H groups in total. The molecular weight excluding hydrogens is 268 g/mol. The first-order chi connectivity index (χ1) is 9.47. The highest BCUT2D eigenvalue weighted by Crippen LogP contribution is 2.19. The summed E-state index contributed by atoms with van der Waals surface area (Å²) in [5, 5.41) is 0. The summed E-state index contributed by atoms with van der Waals surface area (Å²) in [6.45, 7) is -0.0523. The van der Waals surface area contributed by atoms with Crippen molar-refractivity contribution in [2.75, 3.05) is 14.1 Å². The molecule has 1 aromatic heterocycles. The molecule has 0 fully saturated rings. The number of ether oxygens (including phenoxy) is 1. The van der Waals surface area contributed by atoms with Crippen LogP contribution in [0.5, 0.6) is 5.75 Å². The minimum Gasteiger partial charge on any atom is -0.483 e. The molecule has 1 amide bonds. The van der Waals surface area contributed by atoms with Crippen LogP contribution >= 0.6 is 0 Å². The van der Waals surface area contributed by atoms with Gasteiger partial charge < -0.3 is 14.1 Å². The van der Waals surface area contributed by atoms with Gasteiger partial charge in [-0.2, -0.15) is 0 Å². The minimum absolute atomic E-state index is 0.0523. The third-order valence-corrected chi connectivity index (χ3v) is 2.54. The van der Waals surface area contributed by atoms with E-state index in [0.717, 1.165) is 12.1 Å². The number of furan rings is 1. The molecule has 20 heavy (non-hydrogen) atoms. The van der Waals surface area contributed by atoms with E-state index in [2.05, 4.69) is 0 Å². The molecule has 2 aromatic rings. The Bertz CT molecular complexity index is 623. The lowest BCUT2D eigenvalue weighted by Crippen LogP contribution is -2.20. The number of halogens is 2. The van der Waals surface area contributed by atoms with Crippen LogP contribution in [0.1, 0.15) is 16.3 Å². The van der Waals surface area contributed by atoms with E-state index >= 15 is 0 Å². The normalized spacial score (nSPS) is 10.4. The average Bonchev–Trinajstić information content (AvgIpc) is 2.85. The SMILES string of the molecule is CN(C)C(=O)c1ccc(COc2ccc(F)cc2F)o1. The Hall–Kier alpha value is -2.37. The number of hydrogen-bond acceptors (Lipinski definition) is 3. The van der Waals surface area contributed by atoms with Crippen LogP contribution in [0.3, 0.4) is 0 Å². The predicted octanol–water partition coefficient (Wildman–Crippen LogP) is 2.84. The van der Waals surface area contributed by atoms with E-state index in [1.165, 1.54) is 17.0 Å². The van der Waals surface area contributed by atoms with Crippen molar-refractivity contribution >= 4 is 5.91 Å². The van der Waals surface area contributed by atoms with E-state index in [9.17, 15) is 13.6 Å². The smallest absolute Gasteiger partial charge is 0.289 e. The molecule has 0 aliphatic heterocycles. The van der Waals surface area contributed by atoms with E-state index < -0.39 is 11.6 Å². The van der Waals surface area contributed by atoms with Crippen molar-refractivity contribution in [2.24, 2.45) is 0 Å². The first kappa shape index (κ1) is 14.0. The molecule has 2 rings (SSSR count). The van der Waals surface area contributed by atoms with Crippen LogP contribution in [0, 0.1) is 11.6 Å². The van der Waals surface area contributed by atoms with Crippen LogP contribution in [0.15, 0.2) is 34.7 Å². The Morgan fingerprint density at radius 3 is 2.65 bits per heavy atom. The summed E-state index contributed by atoms with van der Waals surface area (Å²) in [6.07, 6.45) is 0. The molecule has 0 bridgehead atoms. The number of carbonyl (C=O) groups is 1. The molecule has 0 unspecified atom stereocenters. The summed E-state index contributed by atoms with van der Waals surface area (Å²) >= 11 is 0. The highest BCUT2D eigenvalue weighted by molar-refractivity contribution is 5.91. The van der Waals surface area contributed by atoms with Crippen molar-refractivity contribution in [1.82, 2.24) is 4.90 Å². The van der Waals surface area contributed by atoms with Crippen LogP contribution in [0.4, 0.5) is 8.78 Å². The fourth-order valence-corrected chi connectivity index (χ4v) is 1.53. The molecule has 4 nitrogen and oxygen atoms in total. The maximum absolute atomic E-state index is 13.3. The highest BCUT2D eigenvalue weighted by Gasteiger charge is 2.13. The molecule has 0 saturated carbocycles. The number of nitrogens with zero attached hydrogens (tertiary/aromatic N) is 1. The predicted molar refractivity (Wildman–Crippen MR) is 67.4 cm³/mol. The van der Waals surface area contributed by atoms with E-state index in [4.69, 9.17) is 9.15 Å². The standard InChI is InChI=1S/C14H13F2NO3/c1-17(2)14(18)13-6-4-10(20-13)8-19-12-5-3-9(15)7-11(12)16/h3-7H,8H2,1-2H3. The topological polar surface area (TPSA) is 42.7 Å². The molecule has 1 heterocycles. The van der Waals surface area contributed by atoms with Gasteiger partial charge in [-0.1, -0.05) is 0 Å². The van der Waals surface area contributed by atoms with Gasteiger partial charge in [0.05, 0.1) is 0 Å². The monoisotopic (exact) mass is 281 g/mol. The molecule has 0 saturated heterocycles. The number of amides is 1. The van der Waals surface area contributed by atoms with E-state index in [0.29, 0.717) is 5.76 Å². The van der Waals surface area contributed by atoms with Gasteiger partial charge in [0, 0.05) is 20.2 Å². The maximum atomic E-state index is 13.3. The van der Waals surface area contributed by atoms with Gasteiger partial charge in [-0.15, -0.1) is 0 Å². The van der Waals surface area contributed by atoms with E-state index in [1.54, 1.807) is 20.2 Å². The molecule has 0 radical (unpaired) electrons. The summed E-state index contributed by atoms with van der Waals surface area (Å²) < 4.78 is 36.5. The first-order valence-electron chi connectivity index (χ1n) is 5.85. The molecule has 106 valence electrons. The summed E-state index contributed by atoms with van der Waals surface area (Å²) in [5.41, 5.74) is 0. The second kappa shape index (κ2) is 5.73. The Morgan fingerprint density at radius 2 is 2.00 bits per heavy atom. The minimum atomic E-state index is -0.791. The summed E-state index contributed by atoms with van der Waals surface area (Å²) in [6, 6.07) is 6.11. The van der Waals surface area contributed by atoms with E-state index in [1.807, 2.05) is 0 Å². The van der Waals surface area contributed by atoms with Gasteiger partial charge in [-0.3, -0.25) is 4.79 Å². The van der Waals surface area contributed by atoms with Gasteiger partial charge >= 0.3 is 0 Å². The summed E-state index contributed by atoms with van der Waals surface area (Å²) in [5.74, 6) is -1.27. The first-order valence-corrected chi connectivity index (χ1v) is 5.85. The van der Waals surface area contributed by atoms with Crippen molar-refractivity contribution in [3.05, 3.63) is 53.5 Å². The van der Waals surface area contributed by atoms with Crippen molar-refractivity contribution in [3.8, 4) is 5.75 Å². The van der Waals surface area contributed by atoms with Gasteiger partial charge in [0.1, 0.15) is 18.2 Å². The Labute approximate surface area is 114 Å². The van der Waals surface area contributed by atoms with Gasteiger partial charge in [-0.25, -0.2) is 8.78 Å². The fourth-order valence-electron chi connectivity index (χ4n) is 1.53. The maximum Gasteiger partial charge on any atom is 0.289 e. The third kappa shape index (κ3) is 3.14. The average molecular weight is 281 g/mol. The Balaban J connectivity index is 2.03. The molecule has 0 aliphatic carbocycles. The van der Waals surface area contributed by atoms with E-state index in [-0.39, 0.29) is 24.0 Å². The number of benzene rings is 1. The van der Waals surface area contributed by atoms with Crippen molar-refractivity contribution in [1.29, 1.82) is 0 Å². The quantitative estimate of drug-likeness (QED) is 0.865. The molecule has 0 aliphatic rings. The van der Waals surface area contributed by atoms with Crippen molar-refractivity contribution < 1.29 is 22.7 Å². The van der Waals surface area contributed by atoms with Crippen LogP contribution in [-0.2, 0) is 6.61 Å². The van der Waals surface area contributed by atoms with Crippen LogP contribution in [0.2, 0.25) is 0 Å². The Kier molecular flexibility index (Phi) is 4.02. The van der Waals surface area contributed by atoms with Crippen molar-refractivity contribution in [3.63, 3.8) is 0 Å². The van der Waals surface area contributed by atoms with Gasteiger partial charge in [0.25, 0.3) is 5.91 Å². The van der Waals surface area contributed by atoms with Crippen molar-refractivity contribution in [2.45, 2.75) is 6.61 Å². The lowest BCUT2D eigenvalue weighted by atomic mass is 10.3. The number of rotatable bonds is 4. The third-order valence-electron chi connectivity index (χ3n) is 2.54. The molecular formula is C14H13F2NO3. The van der Waals surface area contributed by atoms with Crippen LogP contribution in [-0.4, -0.2) is 24.9 Å².